The molecule has 0 fully saturated rings. The van der Waals surface area contributed by atoms with Crippen molar-refractivity contribution < 1.29 is 9.53 Å². The Morgan fingerprint density at radius 2 is 1.97 bits per heavy atom. The number of rotatable bonds is 6. The average Bonchev–Trinajstić information content (AvgIpc) is 3.15. The summed E-state index contributed by atoms with van der Waals surface area (Å²) < 4.78 is 7.17. The largest absolute Gasteiger partial charge is 0.465 e. The number of hydrogen-bond donors (Lipinski definition) is 0. The van der Waals surface area contributed by atoms with E-state index in [9.17, 15) is 4.79 Å². The fraction of sp³-hybridized carbons (Fsp3) is 0.174. The summed E-state index contributed by atoms with van der Waals surface area (Å²) in [6.07, 6.45) is 3.57. The van der Waals surface area contributed by atoms with Crippen LogP contribution in [-0.4, -0.2) is 32.4 Å². The average molecular weight is 438 g/mol. The van der Waals surface area contributed by atoms with Crippen molar-refractivity contribution in [3.8, 4) is 16.8 Å². The lowest BCUT2D eigenvalue weighted by atomic mass is 10.1. The standard InChI is InChI=1S/C23H20ClN3O2S/c1-3-29-23(28)15(2)30-22-20-19(16-8-5-4-6-9-16)13-27(21(20)25-14-26-22)18-11-7-10-17(24)12-18/h4-15H,3H2,1-2H3/t15-/m1/s1. The molecule has 0 saturated carbocycles. The van der Waals surface area contributed by atoms with Gasteiger partial charge in [0.2, 0.25) is 0 Å². The number of fused-ring (bicyclic) bond motifs is 1. The molecule has 5 nitrogen and oxygen atoms in total. The smallest absolute Gasteiger partial charge is 0.319 e. The maximum Gasteiger partial charge on any atom is 0.319 e. The Labute approximate surface area is 184 Å². The molecular weight excluding hydrogens is 418 g/mol. The molecule has 0 N–H and O–H groups in total. The van der Waals surface area contributed by atoms with E-state index in [1.165, 1.54) is 18.1 Å². The lowest BCUT2D eigenvalue weighted by Crippen LogP contribution is -2.16. The SMILES string of the molecule is CCOC(=O)[C@@H](C)Sc1ncnc2c1c(-c1ccccc1)cn2-c1cccc(Cl)c1. The van der Waals surface area contributed by atoms with E-state index in [2.05, 4.69) is 9.97 Å². The van der Waals surface area contributed by atoms with Crippen molar-refractivity contribution in [3.63, 3.8) is 0 Å². The molecule has 0 amide bonds. The summed E-state index contributed by atoms with van der Waals surface area (Å²) >= 11 is 7.61. The second-order valence-electron chi connectivity index (χ2n) is 6.65. The molecule has 1 atom stereocenters. The molecule has 0 aliphatic heterocycles. The van der Waals surface area contributed by atoms with Crippen LogP contribution in [0.25, 0.3) is 27.8 Å². The number of carbonyl (C=O) groups excluding carboxylic acids is 1. The molecule has 4 rings (SSSR count). The fourth-order valence-electron chi connectivity index (χ4n) is 3.26. The molecule has 0 aliphatic rings. The maximum atomic E-state index is 12.2. The van der Waals surface area contributed by atoms with Crippen molar-refractivity contribution in [1.82, 2.24) is 14.5 Å². The van der Waals surface area contributed by atoms with Crippen LogP contribution in [0.4, 0.5) is 0 Å². The van der Waals surface area contributed by atoms with Crippen LogP contribution in [0.5, 0.6) is 0 Å². The summed E-state index contributed by atoms with van der Waals surface area (Å²) in [6.45, 7) is 3.98. The van der Waals surface area contributed by atoms with Gasteiger partial charge in [-0.2, -0.15) is 0 Å². The zero-order chi connectivity index (χ0) is 21.1. The van der Waals surface area contributed by atoms with Gasteiger partial charge in [0.1, 0.15) is 22.3 Å². The first-order valence-corrected chi connectivity index (χ1v) is 10.8. The minimum absolute atomic E-state index is 0.259. The number of hydrogen-bond acceptors (Lipinski definition) is 5. The third kappa shape index (κ3) is 4.06. The molecule has 30 heavy (non-hydrogen) atoms. The predicted molar refractivity (Wildman–Crippen MR) is 121 cm³/mol. The number of thioether (sulfide) groups is 1. The highest BCUT2D eigenvalue weighted by atomic mass is 35.5. The molecule has 2 aromatic carbocycles. The van der Waals surface area contributed by atoms with E-state index in [4.69, 9.17) is 16.3 Å². The van der Waals surface area contributed by atoms with E-state index >= 15 is 0 Å². The van der Waals surface area contributed by atoms with Crippen LogP contribution in [0.2, 0.25) is 5.02 Å². The summed E-state index contributed by atoms with van der Waals surface area (Å²) in [6, 6.07) is 17.7. The van der Waals surface area contributed by atoms with Gasteiger partial charge in [-0.1, -0.05) is 59.8 Å². The van der Waals surface area contributed by atoms with E-state index in [1.807, 2.05) is 72.3 Å². The van der Waals surface area contributed by atoms with Crippen LogP contribution >= 0.6 is 23.4 Å². The number of carbonyl (C=O) groups is 1. The molecule has 0 saturated heterocycles. The van der Waals surface area contributed by atoms with E-state index in [-0.39, 0.29) is 11.2 Å². The van der Waals surface area contributed by atoms with Crippen LogP contribution in [0, 0.1) is 0 Å². The lowest BCUT2D eigenvalue weighted by Gasteiger charge is -2.11. The van der Waals surface area contributed by atoms with Gasteiger partial charge in [-0.25, -0.2) is 9.97 Å². The molecule has 0 radical (unpaired) electrons. The summed E-state index contributed by atoms with van der Waals surface area (Å²) in [5.41, 5.74) is 3.70. The van der Waals surface area contributed by atoms with Gasteiger partial charge >= 0.3 is 5.97 Å². The summed E-state index contributed by atoms with van der Waals surface area (Å²) in [5, 5.41) is 1.89. The lowest BCUT2D eigenvalue weighted by molar-refractivity contribution is -0.142. The second kappa shape index (κ2) is 8.90. The molecule has 152 valence electrons. The summed E-state index contributed by atoms with van der Waals surface area (Å²) in [7, 11) is 0. The van der Waals surface area contributed by atoms with Gasteiger partial charge in [0, 0.05) is 22.5 Å². The molecule has 7 heteroatoms. The van der Waals surface area contributed by atoms with Gasteiger partial charge in [-0.15, -0.1) is 0 Å². The predicted octanol–water partition coefficient (Wildman–Crippen LogP) is 5.78. The van der Waals surface area contributed by atoms with Crippen LogP contribution in [0.15, 0.2) is 72.1 Å². The Kier molecular flexibility index (Phi) is 6.06. The number of aromatic nitrogens is 3. The number of ether oxygens (including phenoxy) is 1. The highest BCUT2D eigenvalue weighted by molar-refractivity contribution is 8.00. The van der Waals surface area contributed by atoms with Crippen LogP contribution in [-0.2, 0) is 9.53 Å². The second-order valence-corrected chi connectivity index (χ2v) is 8.41. The van der Waals surface area contributed by atoms with Crippen LogP contribution < -0.4 is 0 Å². The molecule has 0 bridgehead atoms. The molecule has 0 aliphatic carbocycles. The summed E-state index contributed by atoms with van der Waals surface area (Å²) in [5.74, 6) is -0.259. The van der Waals surface area contributed by atoms with Crippen LogP contribution in [0.1, 0.15) is 13.8 Å². The highest BCUT2D eigenvalue weighted by Gasteiger charge is 2.22. The number of esters is 1. The maximum absolute atomic E-state index is 12.2. The Morgan fingerprint density at radius 3 is 2.70 bits per heavy atom. The fourth-order valence-corrected chi connectivity index (χ4v) is 4.37. The van der Waals surface area contributed by atoms with E-state index in [0.29, 0.717) is 11.6 Å². The quantitative estimate of drug-likeness (QED) is 0.217. The number of nitrogens with zero attached hydrogens (tertiary/aromatic N) is 3. The monoisotopic (exact) mass is 437 g/mol. The van der Waals surface area contributed by atoms with Crippen molar-refractivity contribution in [2.75, 3.05) is 6.61 Å². The molecule has 2 aromatic heterocycles. The van der Waals surface area contributed by atoms with E-state index in [1.54, 1.807) is 6.92 Å². The molecule has 0 unspecified atom stereocenters. The Morgan fingerprint density at radius 1 is 1.17 bits per heavy atom. The van der Waals surface area contributed by atoms with Gasteiger partial charge < -0.3 is 9.30 Å². The normalized spacial score (nSPS) is 12.1. The molecule has 4 aromatic rings. The van der Waals surface area contributed by atoms with Gasteiger partial charge in [0.25, 0.3) is 0 Å². The number of benzene rings is 2. The van der Waals surface area contributed by atoms with Gasteiger partial charge in [-0.3, -0.25) is 4.79 Å². The first-order chi connectivity index (χ1) is 14.6. The Bertz CT molecular complexity index is 1190. The van der Waals surface area contributed by atoms with Crippen LogP contribution in [0.3, 0.4) is 0 Å². The summed E-state index contributed by atoms with van der Waals surface area (Å²) in [4.78, 5) is 21.3. The highest BCUT2D eigenvalue weighted by Crippen LogP contribution is 2.38. The zero-order valence-corrected chi connectivity index (χ0v) is 18.2. The van der Waals surface area contributed by atoms with E-state index < -0.39 is 0 Å². The first kappa shape index (κ1) is 20.4. The third-order valence-corrected chi connectivity index (χ3v) is 5.94. The van der Waals surface area contributed by atoms with Crippen molar-refractivity contribution in [2.45, 2.75) is 24.1 Å². The Hall–Kier alpha value is -2.83. The van der Waals surface area contributed by atoms with Crippen molar-refractivity contribution in [3.05, 3.63) is 72.1 Å². The van der Waals surface area contributed by atoms with Crippen molar-refractivity contribution in [2.24, 2.45) is 0 Å². The molecule has 0 spiro atoms. The minimum Gasteiger partial charge on any atom is -0.465 e. The zero-order valence-electron chi connectivity index (χ0n) is 16.6. The number of halogens is 1. The van der Waals surface area contributed by atoms with Gasteiger partial charge in [0.05, 0.1) is 12.0 Å². The minimum atomic E-state index is -0.388. The topological polar surface area (TPSA) is 57.0 Å². The Balaban J connectivity index is 1.91. The molecular formula is C23H20ClN3O2S. The third-order valence-electron chi connectivity index (χ3n) is 4.63. The van der Waals surface area contributed by atoms with E-state index in [0.717, 1.165) is 32.9 Å². The van der Waals surface area contributed by atoms with Crippen molar-refractivity contribution in [1.29, 1.82) is 0 Å². The first-order valence-electron chi connectivity index (χ1n) is 9.59. The van der Waals surface area contributed by atoms with Gasteiger partial charge in [0.15, 0.2) is 0 Å². The van der Waals surface area contributed by atoms with Gasteiger partial charge in [-0.05, 0) is 37.6 Å². The molecule has 2 heterocycles. The van der Waals surface area contributed by atoms with Crippen molar-refractivity contribution >= 4 is 40.4 Å².